The molecule has 0 fully saturated rings. The number of nitrogens with one attached hydrogen (secondary N) is 1. The maximum atomic E-state index is 4.98. The van der Waals surface area contributed by atoms with Gasteiger partial charge < -0.3 is 10.2 Å². The minimum atomic E-state index is -0.0244. The number of fused-ring (bicyclic) bond motifs is 3. The highest BCUT2D eigenvalue weighted by atomic mass is 15.4. The molecule has 3 aromatic heterocycles. The van der Waals surface area contributed by atoms with E-state index in [4.69, 9.17) is 4.98 Å². The van der Waals surface area contributed by atoms with Crippen molar-refractivity contribution in [1.29, 1.82) is 0 Å². The van der Waals surface area contributed by atoms with E-state index in [1.807, 2.05) is 39.9 Å². The third-order valence-corrected chi connectivity index (χ3v) is 5.34. The van der Waals surface area contributed by atoms with Crippen LogP contribution in [0.3, 0.4) is 0 Å². The van der Waals surface area contributed by atoms with Crippen LogP contribution in [-0.2, 0) is 0 Å². The summed E-state index contributed by atoms with van der Waals surface area (Å²) in [7, 11) is 0. The highest BCUT2D eigenvalue weighted by Gasteiger charge is 2.35. The summed E-state index contributed by atoms with van der Waals surface area (Å²) >= 11 is 0. The fourth-order valence-electron chi connectivity index (χ4n) is 4.07. The lowest BCUT2D eigenvalue weighted by Crippen LogP contribution is -2.40. The Morgan fingerprint density at radius 2 is 2.03 bits per heavy atom. The highest BCUT2D eigenvalue weighted by Crippen LogP contribution is 2.39. The van der Waals surface area contributed by atoms with Crippen molar-refractivity contribution in [3.8, 4) is 11.6 Å². The Kier molecular flexibility index (Phi) is 4.15. The second kappa shape index (κ2) is 6.84. The fraction of sp³-hybridized carbons (Fsp3) is 0.350. The first-order valence-corrected chi connectivity index (χ1v) is 9.87. The smallest absolute Gasteiger partial charge is 0.237 e. The van der Waals surface area contributed by atoms with Crippen molar-refractivity contribution in [2.24, 2.45) is 0 Å². The first-order valence-electron chi connectivity index (χ1n) is 9.87. The van der Waals surface area contributed by atoms with E-state index in [-0.39, 0.29) is 18.1 Å². The van der Waals surface area contributed by atoms with Crippen molar-refractivity contribution in [3.05, 3.63) is 61.0 Å². The number of nitrogens with zero attached hydrogens (tertiary/aromatic N) is 8. The van der Waals surface area contributed by atoms with Gasteiger partial charge in [0.1, 0.15) is 23.9 Å². The molecule has 2 atom stereocenters. The Morgan fingerprint density at radius 3 is 2.79 bits per heavy atom. The molecule has 5 heterocycles. The Bertz CT molecular complexity index is 1090. The van der Waals surface area contributed by atoms with Crippen molar-refractivity contribution >= 4 is 5.82 Å². The largest absolute Gasteiger partial charge is 0.378 e. The third-order valence-electron chi connectivity index (χ3n) is 5.34. The maximum Gasteiger partial charge on any atom is 0.237 e. The summed E-state index contributed by atoms with van der Waals surface area (Å²) in [5, 5.41) is 11.8. The number of hydrogen-bond acceptors (Lipinski definition) is 7. The van der Waals surface area contributed by atoms with Gasteiger partial charge >= 0.3 is 0 Å². The summed E-state index contributed by atoms with van der Waals surface area (Å²) in [4.78, 5) is 16.5. The molecule has 0 aliphatic carbocycles. The van der Waals surface area contributed by atoms with Gasteiger partial charge in [0.05, 0.1) is 12.2 Å². The van der Waals surface area contributed by atoms with Crippen LogP contribution in [-0.4, -0.2) is 40.3 Å². The molecule has 0 aromatic carbocycles. The zero-order valence-corrected chi connectivity index (χ0v) is 16.6. The Balaban J connectivity index is 1.64. The molecular weight excluding hydrogens is 366 g/mol. The van der Waals surface area contributed by atoms with Gasteiger partial charge in [-0.2, -0.15) is 4.98 Å². The first-order chi connectivity index (χ1) is 14.2. The predicted molar refractivity (Wildman–Crippen MR) is 109 cm³/mol. The number of hydrogen-bond donors (Lipinski definition) is 1. The maximum absolute atomic E-state index is 4.98. The van der Waals surface area contributed by atoms with Gasteiger partial charge in [-0.3, -0.25) is 9.13 Å². The molecule has 9 nitrogen and oxygen atoms in total. The van der Waals surface area contributed by atoms with Gasteiger partial charge in [-0.25, -0.2) is 9.97 Å². The summed E-state index contributed by atoms with van der Waals surface area (Å²) in [5.74, 6) is 3.25. The Morgan fingerprint density at radius 1 is 1.14 bits per heavy atom. The van der Waals surface area contributed by atoms with E-state index in [0.717, 1.165) is 29.6 Å². The molecule has 148 valence electrons. The van der Waals surface area contributed by atoms with E-state index in [0.29, 0.717) is 5.95 Å². The fourth-order valence-corrected chi connectivity index (χ4v) is 4.07. The molecule has 1 N–H and O–H groups in total. The number of aromatic nitrogens is 7. The molecule has 0 bridgehead atoms. The minimum Gasteiger partial charge on any atom is -0.378 e. The van der Waals surface area contributed by atoms with Crippen LogP contribution in [0.25, 0.3) is 11.6 Å². The molecule has 0 amide bonds. The van der Waals surface area contributed by atoms with Gasteiger partial charge in [0.15, 0.2) is 11.6 Å². The number of allylic oxidation sites excluding steroid dienone is 2. The SMILES string of the molecule is CC[C@@H]1c2nncn2-c2cnc(-n3ccnc3C3C=CC=CN3)nc2N1C(C)C. The summed E-state index contributed by atoms with van der Waals surface area (Å²) in [6.45, 7) is 6.51. The molecule has 0 radical (unpaired) electrons. The van der Waals surface area contributed by atoms with Crippen LogP contribution in [0.5, 0.6) is 0 Å². The summed E-state index contributed by atoms with van der Waals surface area (Å²) in [6, 6.07) is 0.342. The molecule has 29 heavy (non-hydrogen) atoms. The van der Waals surface area contributed by atoms with Crippen LogP contribution >= 0.6 is 0 Å². The number of imidazole rings is 1. The lowest BCUT2D eigenvalue weighted by atomic mass is 10.1. The van der Waals surface area contributed by atoms with Gasteiger partial charge in [-0.15, -0.1) is 10.2 Å². The first kappa shape index (κ1) is 17.6. The predicted octanol–water partition coefficient (Wildman–Crippen LogP) is 2.64. The highest BCUT2D eigenvalue weighted by molar-refractivity contribution is 5.62. The molecule has 9 heteroatoms. The van der Waals surface area contributed by atoms with Crippen molar-refractivity contribution in [3.63, 3.8) is 0 Å². The summed E-state index contributed by atoms with van der Waals surface area (Å²) < 4.78 is 3.93. The number of anilines is 1. The van der Waals surface area contributed by atoms with Crippen LogP contribution in [0.1, 0.15) is 50.9 Å². The topological polar surface area (TPSA) is 89.6 Å². The second-order valence-corrected chi connectivity index (χ2v) is 7.41. The van der Waals surface area contributed by atoms with E-state index in [2.05, 4.69) is 57.2 Å². The average Bonchev–Trinajstić information content (AvgIpc) is 3.42. The normalized spacial score (nSPS) is 19.9. The quantitative estimate of drug-likeness (QED) is 0.734. The van der Waals surface area contributed by atoms with E-state index < -0.39 is 0 Å². The van der Waals surface area contributed by atoms with Crippen molar-refractivity contribution in [2.45, 2.75) is 45.3 Å². The molecule has 0 saturated carbocycles. The summed E-state index contributed by atoms with van der Waals surface area (Å²) in [6.07, 6.45) is 16.1. The van der Waals surface area contributed by atoms with Gasteiger partial charge in [0.25, 0.3) is 0 Å². The van der Waals surface area contributed by atoms with Crippen molar-refractivity contribution in [2.75, 3.05) is 4.90 Å². The van der Waals surface area contributed by atoms with Gasteiger partial charge in [0, 0.05) is 18.4 Å². The zero-order chi connectivity index (χ0) is 20.0. The Hall–Kier alpha value is -3.49. The average molecular weight is 389 g/mol. The van der Waals surface area contributed by atoms with E-state index in [1.165, 1.54) is 0 Å². The number of rotatable bonds is 4. The lowest BCUT2D eigenvalue weighted by molar-refractivity contribution is 0.496. The molecule has 1 unspecified atom stereocenters. The molecule has 0 spiro atoms. The van der Waals surface area contributed by atoms with Crippen LogP contribution in [0.2, 0.25) is 0 Å². The van der Waals surface area contributed by atoms with Gasteiger partial charge in [-0.1, -0.05) is 19.1 Å². The zero-order valence-electron chi connectivity index (χ0n) is 16.6. The molecule has 2 aliphatic rings. The molecule has 5 rings (SSSR count). The van der Waals surface area contributed by atoms with Crippen LogP contribution in [0, 0.1) is 0 Å². The third kappa shape index (κ3) is 2.72. The standard InChI is InChI=1S/C20H23N9/c1-4-15-19-26-24-12-28(19)16-11-23-20(25-18(16)29(15)13(2)3)27-10-9-22-17(27)14-7-5-6-8-21-14/h5-15,21H,4H2,1-3H3/t14?,15-/m1/s1. The van der Waals surface area contributed by atoms with E-state index in [9.17, 15) is 0 Å². The van der Waals surface area contributed by atoms with Gasteiger partial charge in [-0.05, 0) is 32.5 Å². The van der Waals surface area contributed by atoms with Crippen LogP contribution in [0.4, 0.5) is 5.82 Å². The number of dihydropyridines is 1. The van der Waals surface area contributed by atoms with Crippen LogP contribution in [0.15, 0.2) is 49.3 Å². The molecule has 2 aliphatic heterocycles. The van der Waals surface area contributed by atoms with Crippen molar-refractivity contribution < 1.29 is 0 Å². The monoisotopic (exact) mass is 389 g/mol. The van der Waals surface area contributed by atoms with Gasteiger partial charge in [0.2, 0.25) is 5.95 Å². The summed E-state index contributed by atoms with van der Waals surface area (Å²) in [5.41, 5.74) is 0.896. The molecule has 3 aromatic rings. The van der Waals surface area contributed by atoms with E-state index >= 15 is 0 Å². The molecule has 0 saturated heterocycles. The lowest BCUT2D eigenvalue weighted by Gasteiger charge is -2.39. The second-order valence-electron chi connectivity index (χ2n) is 7.41. The Labute approximate surface area is 168 Å². The van der Waals surface area contributed by atoms with Crippen molar-refractivity contribution in [1.82, 2.24) is 39.6 Å². The molecular formula is C20H23N9. The van der Waals surface area contributed by atoms with E-state index in [1.54, 1.807) is 12.5 Å². The van der Waals surface area contributed by atoms with Crippen LogP contribution < -0.4 is 10.2 Å². The minimum absolute atomic E-state index is 0.0244.